The topological polar surface area (TPSA) is 59.7 Å². The standard InChI is InChI=1S/C17H20O4/c18-17(19)16-14(13-8-4-5-9-15(13)21-16)11-20-10-12-6-2-1-3-7-12/h4-5,8-9,12H,1-3,6-7,10-11H2,(H,18,19). The van der Waals surface area contributed by atoms with Crippen LogP contribution in [0.25, 0.3) is 11.0 Å². The SMILES string of the molecule is O=C(O)c1oc2ccccc2c1COCC1CCCCC1. The molecule has 21 heavy (non-hydrogen) atoms. The van der Waals surface area contributed by atoms with Crippen LogP contribution in [0.1, 0.15) is 48.2 Å². The van der Waals surface area contributed by atoms with Crippen LogP contribution in [0.5, 0.6) is 0 Å². The number of fused-ring (bicyclic) bond motifs is 1. The maximum Gasteiger partial charge on any atom is 0.372 e. The van der Waals surface area contributed by atoms with Gasteiger partial charge in [0.15, 0.2) is 0 Å². The van der Waals surface area contributed by atoms with Gasteiger partial charge in [-0.15, -0.1) is 0 Å². The van der Waals surface area contributed by atoms with Gasteiger partial charge in [-0.05, 0) is 24.8 Å². The Balaban J connectivity index is 1.72. The number of benzene rings is 1. The Kier molecular flexibility index (Phi) is 4.25. The molecule has 4 heteroatoms. The number of aromatic carboxylic acids is 1. The number of carbonyl (C=O) groups is 1. The predicted octanol–water partition coefficient (Wildman–Crippen LogP) is 4.23. The molecule has 1 N–H and O–H groups in total. The molecule has 0 atom stereocenters. The average Bonchev–Trinajstić information content (AvgIpc) is 2.88. The molecule has 1 aromatic heterocycles. The fraction of sp³-hybridized carbons (Fsp3) is 0.471. The van der Waals surface area contributed by atoms with Crippen molar-refractivity contribution in [3.05, 3.63) is 35.6 Å². The van der Waals surface area contributed by atoms with Gasteiger partial charge in [-0.3, -0.25) is 0 Å². The summed E-state index contributed by atoms with van der Waals surface area (Å²) in [5.41, 5.74) is 1.25. The minimum atomic E-state index is -1.04. The van der Waals surface area contributed by atoms with Crippen LogP contribution in [0.15, 0.2) is 28.7 Å². The largest absolute Gasteiger partial charge is 0.475 e. The van der Waals surface area contributed by atoms with Gasteiger partial charge in [-0.2, -0.15) is 0 Å². The lowest BCUT2D eigenvalue weighted by Gasteiger charge is -2.21. The van der Waals surface area contributed by atoms with E-state index in [1.54, 1.807) is 6.07 Å². The summed E-state index contributed by atoms with van der Waals surface area (Å²) >= 11 is 0. The van der Waals surface area contributed by atoms with Crippen LogP contribution >= 0.6 is 0 Å². The van der Waals surface area contributed by atoms with Crippen LogP contribution in [0.4, 0.5) is 0 Å². The number of carboxylic acids is 1. The second-order valence-corrected chi connectivity index (χ2v) is 5.73. The molecule has 1 aliphatic rings. The first-order valence-electron chi connectivity index (χ1n) is 7.57. The molecule has 0 spiro atoms. The third-order valence-corrected chi connectivity index (χ3v) is 4.22. The Morgan fingerprint density at radius 1 is 1.24 bits per heavy atom. The van der Waals surface area contributed by atoms with Crippen molar-refractivity contribution in [3.8, 4) is 0 Å². The van der Waals surface area contributed by atoms with Crippen molar-refractivity contribution >= 4 is 16.9 Å². The highest BCUT2D eigenvalue weighted by molar-refractivity contribution is 5.94. The van der Waals surface area contributed by atoms with Gasteiger partial charge in [0.1, 0.15) is 5.58 Å². The lowest BCUT2D eigenvalue weighted by molar-refractivity contribution is 0.0622. The van der Waals surface area contributed by atoms with Crippen LogP contribution in [0, 0.1) is 5.92 Å². The molecule has 1 fully saturated rings. The van der Waals surface area contributed by atoms with Gasteiger partial charge in [0, 0.05) is 17.6 Å². The van der Waals surface area contributed by atoms with E-state index in [2.05, 4.69) is 0 Å². The van der Waals surface area contributed by atoms with E-state index in [1.807, 2.05) is 18.2 Å². The third kappa shape index (κ3) is 3.10. The molecule has 0 bridgehead atoms. The van der Waals surface area contributed by atoms with Crippen LogP contribution in [0.3, 0.4) is 0 Å². The fourth-order valence-corrected chi connectivity index (χ4v) is 3.10. The smallest absolute Gasteiger partial charge is 0.372 e. The molecule has 1 aliphatic carbocycles. The second kappa shape index (κ2) is 6.31. The van der Waals surface area contributed by atoms with Gasteiger partial charge in [0.25, 0.3) is 0 Å². The first-order valence-corrected chi connectivity index (χ1v) is 7.57. The summed E-state index contributed by atoms with van der Waals surface area (Å²) in [5.74, 6) is -0.424. The number of para-hydroxylation sites is 1. The van der Waals surface area contributed by atoms with Crippen LogP contribution < -0.4 is 0 Å². The van der Waals surface area contributed by atoms with Gasteiger partial charge in [-0.25, -0.2) is 4.79 Å². The summed E-state index contributed by atoms with van der Waals surface area (Å²) in [7, 11) is 0. The minimum absolute atomic E-state index is 0.000144. The van der Waals surface area contributed by atoms with Crippen molar-refractivity contribution in [2.75, 3.05) is 6.61 Å². The first-order chi connectivity index (χ1) is 10.3. The molecule has 0 aliphatic heterocycles. The molecule has 2 aromatic rings. The van der Waals surface area contributed by atoms with Gasteiger partial charge < -0.3 is 14.3 Å². The zero-order valence-corrected chi connectivity index (χ0v) is 12.0. The lowest BCUT2D eigenvalue weighted by Crippen LogP contribution is -2.13. The summed E-state index contributed by atoms with van der Waals surface area (Å²) < 4.78 is 11.2. The summed E-state index contributed by atoms with van der Waals surface area (Å²) in [6, 6.07) is 7.38. The molecule has 0 saturated heterocycles. The zero-order valence-electron chi connectivity index (χ0n) is 12.0. The Morgan fingerprint density at radius 3 is 2.76 bits per heavy atom. The summed E-state index contributed by atoms with van der Waals surface area (Å²) in [6.45, 7) is 1.01. The van der Waals surface area contributed by atoms with Crippen molar-refractivity contribution < 1.29 is 19.1 Å². The Labute approximate surface area is 123 Å². The average molecular weight is 288 g/mol. The number of rotatable bonds is 5. The van der Waals surface area contributed by atoms with Crippen molar-refractivity contribution in [3.63, 3.8) is 0 Å². The van der Waals surface area contributed by atoms with Gasteiger partial charge in [0.2, 0.25) is 5.76 Å². The number of hydrogen-bond acceptors (Lipinski definition) is 3. The van der Waals surface area contributed by atoms with E-state index in [-0.39, 0.29) is 5.76 Å². The highest BCUT2D eigenvalue weighted by Gasteiger charge is 2.20. The van der Waals surface area contributed by atoms with Crippen molar-refractivity contribution in [2.24, 2.45) is 5.92 Å². The van der Waals surface area contributed by atoms with Crippen LogP contribution in [-0.4, -0.2) is 17.7 Å². The maximum atomic E-state index is 11.3. The number of hydrogen-bond donors (Lipinski definition) is 1. The van der Waals surface area contributed by atoms with E-state index in [0.29, 0.717) is 30.3 Å². The van der Waals surface area contributed by atoms with E-state index < -0.39 is 5.97 Å². The fourth-order valence-electron chi connectivity index (χ4n) is 3.10. The lowest BCUT2D eigenvalue weighted by atomic mass is 9.90. The van der Waals surface area contributed by atoms with E-state index in [4.69, 9.17) is 9.15 Å². The van der Waals surface area contributed by atoms with Crippen LogP contribution in [0.2, 0.25) is 0 Å². The van der Waals surface area contributed by atoms with Gasteiger partial charge in [0.05, 0.1) is 6.61 Å². The molecule has 4 nitrogen and oxygen atoms in total. The Bertz CT molecular complexity index is 623. The second-order valence-electron chi connectivity index (χ2n) is 5.73. The van der Waals surface area contributed by atoms with Gasteiger partial charge in [-0.1, -0.05) is 37.5 Å². The van der Waals surface area contributed by atoms with Crippen molar-refractivity contribution in [1.29, 1.82) is 0 Å². The summed E-state index contributed by atoms with van der Waals surface area (Å²) in [4.78, 5) is 11.3. The number of carboxylic acid groups (broad SMARTS) is 1. The molecule has 1 saturated carbocycles. The number of furan rings is 1. The molecule has 1 heterocycles. The summed E-state index contributed by atoms with van der Waals surface area (Å²) in [5, 5.41) is 10.1. The highest BCUT2D eigenvalue weighted by atomic mass is 16.5. The molecule has 3 rings (SSSR count). The highest BCUT2D eigenvalue weighted by Crippen LogP contribution is 2.28. The monoisotopic (exact) mass is 288 g/mol. The van der Waals surface area contributed by atoms with Crippen molar-refractivity contribution in [2.45, 2.75) is 38.7 Å². The Hall–Kier alpha value is -1.81. The van der Waals surface area contributed by atoms with Gasteiger partial charge >= 0.3 is 5.97 Å². The normalized spacial score (nSPS) is 16.4. The minimum Gasteiger partial charge on any atom is -0.475 e. The molecular formula is C17H20O4. The predicted molar refractivity (Wildman–Crippen MR) is 79.4 cm³/mol. The maximum absolute atomic E-state index is 11.3. The molecule has 1 aromatic carbocycles. The molecule has 112 valence electrons. The van der Waals surface area contributed by atoms with Crippen molar-refractivity contribution in [1.82, 2.24) is 0 Å². The molecule has 0 amide bonds. The number of ether oxygens (including phenoxy) is 1. The Morgan fingerprint density at radius 2 is 2.00 bits per heavy atom. The third-order valence-electron chi connectivity index (χ3n) is 4.22. The molecule has 0 radical (unpaired) electrons. The first kappa shape index (κ1) is 14.1. The molecule has 0 unspecified atom stereocenters. The van der Waals surface area contributed by atoms with E-state index in [9.17, 15) is 9.90 Å². The van der Waals surface area contributed by atoms with E-state index >= 15 is 0 Å². The zero-order chi connectivity index (χ0) is 14.7. The summed E-state index contributed by atoms with van der Waals surface area (Å²) in [6.07, 6.45) is 6.33. The van der Waals surface area contributed by atoms with Crippen LogP contribution in [-0.2, 0) is 11.3 Å². The van der Waals surface area contributed by atoms with E-state index in [0.717, 1.165) is 5.39 Å². The molecular weight excluding hydrogens is 268 g/mol. The van der Waals surface area contributed by atoms with E-state index in [1.165, 1.54) is 32.1 Å². The quantitative estimate of drug-likeness (QED) is 0.894.